The molecule has 0 saturated heterocycles. The number of hydrogen-bond donors (Lipinski definition) is 2. The van der Waals surface area contributed by atoms with Crippen molar-refractivity contribution < 1.29 is 9.59 Å². The van der Waals surface area contributed by atoms with Crippen LogP contribution in [0.1, 0.15) is 33.4 Å². The van der Waals surface area contributed by atoms with Crippen LogP contribution < -0.4 is 10.6 Å². The monoisotopic (exact) mass is 415 g/mol. The molecule has 0 fully saturated rings. The van der Waals surface area contributed by atoms with Gasteiger partial charge in [-0.25, -0.2) is 4.98 Å². The molecule has 0 radical (unpaired) electrons. The number of amides is 2. The summed E-state index contributed by atoms with van der Waals surface area (Å²) in [7, 11) is 0. The van der Waals surface area contributed by atoms with Crippen molar-refractivity contribution in [2.24, 2.45) is 0 Å². The molecule has 0 saturated carbocycles. The lowest BCUT2D eigenvalue weighted by Crippen LogP contribution is -2.19. The fraction of sp³-hybridized carbons (Fsp3) is 0.125. The summed E-state index contributed by atoms with van der Waals surface area (Å²) in [5.74, 6) is -0.247. The van der Waals surface area contributed by atoms with Gasteiger partial charge in [0.05, 0.1) is 15.2 Å². The first-order valence-corrected chi connectivity index (χ1v) is 10.5. The van der Waals surface area contributed by atoms with Crippen LogP contribution in [-0.4, -0.2) is 16.8 Å². The molecule has 2 amide bonds. The average molecular weight is 416 g/mol. The predicted octanol–water partition coefficient (Wildman–Crippen LogP) is 4.78. The van der Waals surface area contributed by atoms with Crippen molar-refractivity contribution in [3.63, 3.8) is 0 Å². The zero-order chi connectivity index (χ0) is 20.9. The third kappa shape index (κ3) is 4.90. The molecule has 4 rings (SSSR count). The fourth-order valence-corrected chi connectivity index (χ4v) is 4.08. The maximum Gasteiger partial charge on any atom is 0.255 e. The van der Waals surface area contributed by atoms with E-state index in [0.29, 0.717) is 12.1 Å². The molecule has 30 heavy (non-hydrogen) atoms. The Labute approximate surface area is 178 Å². The van der Waals surface area contributed by atoms with E-state index in [2.05, 4.69) is 21.7 Å². The van der Waals surface area contributed by atoms with E-state index in [0.717, 1.165) is 33.8 Å². The number of para-hydroxylation sites is 1. The molecular formula is C24H21N3O2S. The number of thiazole rings is 1. The lowest BCUT2D eigenvalue weighted by molar-refractivity contribution is -0.119. The van der Waals surface area contributed by atoms with Gasteiger partial charge in [0.1, 0.15) is 0 Å². The van der Waals surface area contributed by atoms with Crippen LogP contribution in [0.25, 0.3) is 10.2 Å². The highest BCUT2D eigenvalue weighted by atomic mass is 32.1. The van der Waals surface area contributed by atoms with Crippen LogP contribution in [0, 0.1) is 0 Å². The number of hydrogen-bond acceptors (Lipinski definition) is 4. The van der Waals surface area contributed by atoms with E-state index in [1.165, 1.54) is 11.6 Å². The Balaban J connectivity index is 1.36. The Morgan fingerprint density at radius 3 is 2.30 bits per heavy atom. The second kappa shape index (κ2) is 8.88. The first-order chi connectivity index (χ1) is 14.6. The standard InChI is InChI=1S/C24H21N3O2S/c1-16(28)25-15-18-6-10-19(11-7-18)24(29)26-20-12-8-17(9-13-20)14-23-27-21-4-2-3-5-22(21)30-23/h2-13H,14-15H2,1H3,(H,25,28)(H,26,29). The third-order valence-electron chi connectivity index (χ3n) is 4.66. The second-order valence-corrected chi connectivity index (χ2v) is 8.13. The summed E-state index contributed by atoms with van der Waals surface area (Å²) in [5, 5.41) is 6.73. The summed E-state index contributed by atoms with van der Waals surface area (Å²) in [4.78, 5) is 28.1. The number of nitrogens with zero attached hydrogens (tertiary/aromatic N) is 1. The van der Waals surface area contributed by atoms with Crippen molar-refractivity contribution in [2.75, 3.05) is 5.32 Å². The van der Waals surface area contributed by atoms with E-state index in [9.17, 15) is 9.59 Å². The number of benzene rings is 3. The van der Waals surface area contributed by atoms with Gasteiger partial charge in [0.15, 0.2) is 0 Å². The topological polar surface area (TPSA) is 71.1 Å². The zero-order valence-electron chi connectivity index (χ0n) is 16.5. The maximum atomic E-state index is 12.5. The smallest absolute Gasteiger partial charge is 0.255 e. The van der Waals surface area contributed by atoms with Crippen LogP contribution in [0.4, 0.5) is 5.69 Å². The minimum absolute atomic E-state index is 0.0802. The molecule has 1 heterocycles. The van der Waals surface area contributed by atoms with E-state index >= 15 is 0 Å². The van der Waals surface area contributed by atoms with Crippen LogP contribution in [0.3, 0.4) is 0 Å². The molecule has 0 aliphatic carbocycles. The molecule has 2 N–H and O–H groups in total. The van der Waals surface area contributed by atoms with Gasteiger partial charge in [-0.05, 0) is 47.5 Å². The van der Waals surface area contributed by atoms with Crippen molar-refractivity contribution in [1.29, 1.82) is 0 Å². The van der Waals surface area contributed by atoms with Crippen LogP contribution in [-0.2, 0) is 17.8 Å². The largest absolute Gasteiger partial charge is 0.352 e. The average Bonchev–Trinajstić information content (AvgIpc) is 3.16. The number of rotatable bonds is 6. The van der Waals surface area contributed by atoms with Crippen molar-refractivity contribution in [3.8, 4) is 0 Å². The normalized spacial score (nSPS) is 10.7. The molecule has 5 nitrogen and oxygen atoms in total. The van der Waals surface area contributed by atoms with Gasteiger partial charge in [0, 0.05) is 31.1 Å². The Kier molecular flexibility index (Phi) is 5.86. The third-order valence-corrected chi connectivity index (χ3v) is 5.70. The van der Waals surface area contributed by atoms with Crippen molar-refractivity contribution in [1.82, 2.24) is 10.3 Å². The molecule has 0 unspecified atom stereocenters. The summed E-state index contributed by atoms with van der Waals surface area (Å²) in [6, 6.07) is 23.2. The first-order valence-electron chi connectivity index (χ1n) is 9.65. The number of carbonyl (C=O) groups excluding carboxylic acids is 2. The van der Waals surface area contributed by atoms with E-state index < -0.39 is 0 Å². The van der Waals surface area contributed by atoms with Crippen LogP contribution in [0.2, 0.25) is 0 Å². The van der Waals surface area contributed by atoms with Crippen molar-refractivity contribution in [2.45, 2.75) is 19.9 Å². The van der Waals surface area contributed by atoms with Gasteiger partial charge in [-0.1, -0.05) is 36.4 Å². The molecule has 1 aromatic heterocycles. The zero-order valence-corrected chi connectivity index (χ0v) is 17.3. The minimum atomic E-state index is -0.167. The number of anilines is 1. The van der Waals surface area contributed by atoms with Crippen molar-refractivity contribution >= 4 is 39.1 Å². The van der Waals surface area contributed by atoms with Crippen LogP contribution in [0.5, 0.6) is 0 Å². The van der Waals surface area contributed by atoms with E-state index in [1.54, 1.807) is 23.5 Å². The first kappa shape index (κ1) is 19.8. The summed E-state index contributed by atoms with van der Waals surface area (Å²) in [6.07, 6.45) is 0.767. The Hall–Kier alpha value is -3.51. The van der Waals surface area contributed by atoms with E-state index in [1.807, 2.05) is 54.6 Å². The molecule has 0 spiro atoms. The number of fused-ring (bicyclic) bond motifs is 1. The highest BCUT2D eigenvalue weighted by Crippen LogP contribution is 2.24. The summed E-state index contributed by atoms with van der Waals surface area (Å²) >= 11 is 1.71. The molecule has 4 aromatic rings. The molecule has 0 aliphatic heterocycles. The molecule has 0 bridgehead atoms. The van der Waals surface area contributed by atoms with Gasteiger partial charge in [0.25, 0.3) is 5.91 Å². The minimum Gasteiger partial charge on any atom is -0.352 e. The highest BCUT2D eigenvalue weighted by molar-refractivity contribution is 7.18. The molecule has 6 heteroatoms. The number of nitrogens with one attached hydrogen (secondary N) is 2. The fourth-order valence-electron chi connectivity index (χ4n) is 3.08. The Bertz CT molecular complexity index is 1150. The van der Waals surface area contributed by atoms with Gasteiger partial charge in [-0.3, -0.25) is 9.59 Å². The van der Waals surface area contributed by atoms with Gasteiger partial charge < -0.3 is 10.6 Å². The summed E-state index contributed by atoms with van der Waals surface area (Å²) < 4.78 is 1.19. The molecule has 3 aromatic carbocycles. The lowest BCUT2D eigenvalue weighted by Gasteiger charge is -2.08. The quantitative estimate of drug-likeness (QED) is 0.476. The molecule has 0 aliphatic rings. The van der Waals surface area contributed by atoms with Gasteiger partial charge in [-0.2, -0.15) is 0 Å². The van der Waals surface area contributed by atoms with Gasteiger partial charge >= 0.3 is 0 Å². The highest BCUT2D eigenvalue weighted by Gasteiger charge is 2.08. The lowest BCUT2D eigenvalue weighted by atomic mass is 10.1. The molecule has 0 atom stereocenters. The molecule has 150 valence electrons. The summed E-state index contributed by atoms with van der Waals surface area (Å²) in [6.45, 7) is 1.93. The Morgan fingerprint density at radius 2 is 1.60 bits per heavy atom. The maximum absolute atomic E-state index is 12.5. The Morgan fingerprint density at radius 1 is 0.900 bits per heavy atom. The van der Waals surface area contributed by atoms with Gasteiger partial charge in [0.2, 0.25) is 5.91 Å². The number of aromatic nitrogens is 1. The summed E-state index contributed by atoms with van der Waals surface area (Å²) in [5.41, 5.74) is 4.44. The van der Waals surface area contributed by atoms with E-state index in [4.69, 9.17) is 0 Å². The van der Waals surface area contributed by atoms with Crippen LogP contribution in [0.15, 0.2) is 72.8 Å². The van der Waals surface area contributed by atoms with E-state index in [-0.39, 0.29) is 11.8 Å². The van der Waals surface area contributed by atoms with Crippen LogP contribution >= 0.6 is 11.3 Å². The molecular weight excluding hydrogens is 394 g/mol. The SMILES string of the molecule is CC(=O)NCc1ccc(C(=O)Nc2ccc(Cc3nc4ccccc4s3)cc2)cc1. The van der Waals surface area contributed by atoms with Gasteiger partial charge in [-0.15, -0.1) is 11.3 Å². The predicted molar refractivity (Wildman–Crippen MR) is 121 cm³/mol. The number of carbonyl (C=O) groups is 2. The van der Waals surface area contributed by atoms with Crippen molar-refractivity contribution in [3.05, 3.63) is 94.5 Å². The second-order valence-electron chi connectivity index (χ2n) is 7.01.